The molecule has 0 saturated carbocycles. The van der Waals surface area contributed by atoms with Crippen LogP contribution in [0.2, 0.25) is 0 Å². The molecule has 3 aromatic carbocycles. The van der Waals surface area contributed by atoms with Crippen molar-refractivity contribution >= 4 is 11.4 Å². The van der Waals surface area contributed by atoms with Crippen LogP contribution in [0.3, 0.4) is 0 Å². The van der Waals surface area contributed by atoms with Gasteiger partial charge in [-0.3, -0.25) is 10.1 Å². The van der Waals surface area contributed by atoms with Crippen LogP contribution in [0.5, 0.6) is 0 Å². The average Bonchev–Trinajstić information content (AvgIpc) is 2.73. The van der Waals surface area contributed by atoms with Crippen LogP contribution < -0.4 is 4.90 Å². The number of rotatable bonds is 6. The lowest BCUT2D eigenvalue weighted by molar-refractivity contribution is -0.384. The minimum absolute atomic E-state index is 0.00248. The van der Waals surface area contributed by atoms with Crippen molar-refractivity contribution < 1.29 is 4.92 Å². The number of nitro benzene ring substituents is 1. The minimum atomic E-state index is -0.514. The highest BCUT2D eigenvalue weighted by atomic mass is 16.6. The first-order valence-electron chi connectivity index (χ1n) is 8.58. The lowest BCUT2D eigenvalue weighted by Crippen LogP contribution is -2.23. The number of hydrogen-bond acceptors (Lipinski definition) is 5. The first kappa shape index (κ1) is 18.6. The standard InChI is InChI=1S/C22H16N4O2/c23-13-19-11-21(22(26(27)28)12-20(19)14-24)25(15-17-7-3-1-4-8-17)16-18-9-5-2-6-10-18/h1-12H,15-16H2. The van der Waals surface area contributed by atoms with Crippen LogP contribution in [0, 0.1) is 32.8 Å². The van der Waals surface area contributed by atoms with Crippen molar-refractivity contribution in [3.8, 4) is 12.1 Å². The van der Waals surface area contributed by atoms with Crippen molar-refractivity contribution in [1.29, 1.82) is 10.5 Å². The Hall–Kier alpha value is -4.16. The Balaban J connectivity index is 2.12. The van der Waals surface area contributed by atoms with Gasteiger partial charge in [0.05, 0.1) is 16.1 Å². The van der Waals surface area contributed by atoms with Crippen LogP contribution in [-0.2, 0) is 13.1 Å². The molecule has 0 atom stereocenters. The highest BCUT2D eigenvalue weighted by molar-refractivity contribution is 5.70. The van der Waals surface area contributed by atoms with Gasteiger partial charge in [-0.15, -0.1) is 0 Å². The molecule has 0 aliphatic carbocycles. The maximum Gasteiger partial charge on any atom is 0.293 e. The van der Waals surface area contributed by atoms with Gasteiger partial charge >= 0.3 is 0 Å². The molecule has 0 radical (unpaired) electrons. The van der Waals surface area contributed by atoms with Gasteiger partial charge in [0.15, 0.2) is 0 Å². The molecule has 0 N–H and O–H groups in total. The van der Waals surface area contributed by atoms with Crippen molar-refractivity contribution in [2.24, 2.45) is 0 Å². The lowest BCUT2D eigenvalue weighted by atomic mass is 10.0. The first-order valence-corrected chi connectivity index (χ1v) is 8.58. The molecule has 0 saturated heterocycles. The molecular weight excluding hydrogens is 352 g/mol. The van der Waals surface area contributed by atoms with E-state index in [4.69, 9.17) is 0 Å². The molecule has 0 amide bonds. The molecule has 0 aromatic heterocycles. The molecule has 0 fully saturated rings. The predicted octanol–water partition coefficient (Wildman–Crippen LogP) is 4.54. The number of nitro groups is 1. The predicted molar refractivity (Wildman–Crippen MR) is 105 cm³/mol. The molecule has 0 unspecified atom stereocenters. The Morgan fingerprint density at radius 3 is 1.71 bits per heavy atom. The second-order valence-electron chi connectivity index (χ2n) is 6.19. The monoisotopic (exact) mass is 368 g/mol. The summed E-state index contributed by atoms with van der Waals surface area (Å²) in [4.78, 5) is 13.0. The van der Waals surface area contributed by atoms with Crippen LogP contribution >= 0.6 is 0 Å². The van der Waals surface area contributed by atoms with E-state index in [1.54, 1.807) is 0 Å². The quantitative estimate of drug-likeness (QED) is 0.470. The molecule has 3 rings (SSSR count). The van der Waals surface area contributed by atoms with Crippen LogP contribution in [-0.4, -0.2) is 4.92 Å². The van der Waals surface area contributed by atoms with E-state index in [-0.39, 0.29) is 16.8 Å². The maximum absolute atomic E-state index is 11.7. The summed E-state index contributed by atoms with van der Waals surface area (Å²) >= 11 is 0. The van der Waals surface area contributed by atoms with E-state index >= 15 is 0 Å². The third kappa shape index (κ3) is 4.14. The van der Waals surface area contributed by atoms with Crippen molar-refractivity contribution in [2.75, 3.05) is 4.90 Å². The van der Waals surface area contributed by atoms with Crippen LogP contribution in [0.25, 0.3) is 0 Å². The van der Waals surface area contributed by atoms with Crippen molar-refractivity contribution in [3.63, 3.8) is 0 Å². The molecule has 6 heteroatoms. The Morgan fingerprint density at radius 2 is 1.29 bits per heavy atom. The van der Waals surface area contributed by atoms with Gasteiger partial charge in [0.25, 0.3) is 5.69 Å². The van der Waals surface area contributed by atoms with Gasteiger partial charge < -0.3 is 4.90 Å². The fourth-order valence-corrected chi connectivity index (χ4v) is 3.00. The lowest BCUT2D eigenvalue weighted by Gasteiger charge is -2.25. The fraction of sp³-hybridized carbons (Fsp3) is 0.0909. The summed E-state index contributed by atoms with van der Waals surface area (Å²) in [7, 11) is 0. The van der Waals surface area contributed by atoms with Crippen LogP contribution in [0.1, 0.15) is 22.3 Å². The van der Waals surface area contributed by atoms with Crippen LogP contribution in [0.4, 0.5) is 11.4 Å². The second-order valence-corrected chi connectivity index (χ2v) is 6.19. The summed E-state index contributed by atoms with van der Waals surface area (Å²) in [5.41, 5.74) is 2.20. The minimum Gasteiger partial charge on any atom is -0.357 e. The Morgan fingerprint density at radius 1 is 0.821 bits per heavy atom. The average molecular weight is 368 g/mol. The highest BCUT2D eigenvalue weighted by Gasteiger charge is 2.23. The van der Waals surface area contributed by atoms with E-state index in [0.717, 1.165) is 11.1 Å². The normalized spacial score (nSPS) is 9.93. The van der Waals surface area contributed by atoms with E-state index in [1.165, 1.54) is 12.1 Å². The fourth-order valence-electron chi connectivity index (χ4n) is 3.00. The molecule has 6 nitrogen and oxygen atoms in total. The second kappa shape index (κ2) is 8.48. The Bertz CT molecular complexity index is 1030. The molecule has 0 aliphatic heterocycles. The molecule has 28 heavy (non-hydrogen) atoms. The molecule has 0 heterocycles. The van der Waals surface area contributed by atoms with E-state index < -0.39 is 4.92 Å². The molecule has 0 bridgehead atoms. The molecule has 3 aromatic rings. The van der Waals surface area contributed by atoms with E-state index in [9.17, 15) is 20.6 Å². The number of anilines is 1. The largest absolute Gasteiger partial charge is 0.357 e. The smallest absolute Gasteiger partial charge is 0.293 e. The van der Waals surface area contributed by atoms with Gasteiger partial charge in [-0.1, -0.05) is 60.7 Å². The zero-order valence-corrected chi connectivity index (χ0v) is 14.9. The van der Waals surface area contributed by atoms with E-state index in [2.05, 4.69) is 0 Å². The van der Waals surface area contributed by atoms with Crippen LogP contribution in [0.15, 0.2) is 72.8 Å². The third-order valence-corrected chi connectivity index (χ3v) is 4.33. The molecule has 0 aliphatic rings. The summed E-state index contributed by atoms with van der Waals surface area (Å²) in [6, 6.07) is 25.6. The maximum atomic E-state index is 11.7. The summed E-state index contributed by atoms with van der Waals surface area (Å²) < 4.78 is 0. The zero-order chi connectivity index (χ0) is 19.9. The molecule has 136 valence electrons. The summed E-state index contributed by atoms with van der Waals surface area (Å²) in [5, 5.41) is 30.3. The number of hydrogen-bond donors (Lipinski definition) is 0. The zero-order valence-electron chi connectivity index (χ0n) is 14.9. The number of nitriles is 2. The van der Waals surface area contributed by atoms with Gasteiger partial charge in [-0.05, 0) is 17.2 Å². The summed E-state index contributed by atoms with van der Waals surface area (Å²) in [6.45, 7) is 0.848. The first-order chi connectivity index (χ1) is 13.6. The van der Waals surface area contributed by atoms with Crippen molar-refractivity contribution in [3.05, 3.63) is 105 Å². The Kier molecular flexibility index (Phi) is 5.64. The van der Waals surface area contributed by atoms with E-state index in [0.29, 0.717) is 18.8 Å². The van der Waals surface area contributed by atoms with Gasteiger partial charge in [-0.25, -0.2) is 0 Å². The van der Waals surface area contributed by atoms with Gasteiger partial charge in [0.2, 0.25) is 0 Å². The van der Waals surface area contributed by atoms with E-state index in [1.807, 2.05) is 77.7 Å². The molecular formula is C22H16N4O2. The highest BCUT2D eigenvalue weighted by Crippen LogP contribution is 2.33. The summed E-state index contributed by atoms with van der Waals surface area (Å²) in [6.07, 6.45) is 0. The van der Waals surface area contributed by atoms with Crippen molar-refractivity contribution in [2.45, 2.75) is 13.1 Å². The molecule has 0 spiro atoms. The van der Waals surface area contributed by atoms with Gasteiger partial charge in [0.1, 0.15) is 17.8 Å². The summed E-state index contributed by atoms with van der Waals surface area (Å²) in [5.74, 6) is 0. The topological polar surface area (TPSA) is 94.0 Å². The number of nitrogens with zero attached hydrogens (tertiary/aromatic N) is 4. The number of benzene rings is 3. The Labute approximate surface area is 162 Å². The van der Waals surface area contributed by atoms with Gasteiger partial charge in [-0.2, -0.15) is 10.5 Å². The SMILES string of the molecule is N#Cc1cc(N(Cc2ccccc2)Cc2ccccc2)c([N+](=O)[O-])cc1C#N. The third-order valence-electron chi connectivity index (χ3n) is 4.33. The van der Waals surface area contributed by atoms with Gasteiger partial charge in [0, 0.05) is 19.2 Å². The van der Waals surface area contributed by atoms with Crippen molar-refractivity contribution in [1.82, 2.24) is 0 Å².